The first-order chi connectivity index (χ1) is 9.74. The van der Waals surface area contributed by atoms with Crippen LogP contribution in [-0.4, -0.2) is 37.5 Å². The SMILES string of the molecule is O=C(CC1CCCCC1)NCC(=O)NC1CCNCC1. The Hall–Kier alpha value is -1.10. The Bertz CT molecular complexity index is 289. The molecule has 1 saturated heterocycles. The molecule has 0 aromatic carbocycles. The molecular formula is C15H27N3O2. The van der Waals surface area contributed by atoms with Gasteiger partial charge in [0.2, 0.25) is 11.8 Å². The molecule has 1 aliphatic carbocycles. The molecule has 2 amide bonds. The van der Waals surface area contributed by atoms with Crippen molar-refractivity contribution in [1.82, 2.24) is 16.0 Å². The maximum Gasteiger partial charge on any atom is 0.239 e. The number of hydrogen-bond acceptors (Lipinski definition) is 3. The van der Waals surface area contributed by atoms with Gasteiger partial charge in [-0.2, -0.15) is 0 Å². The van der Waals surface area contributed by atoms with Gasteiger partial charge in [0.15, 0.2) is 0 Å². The second-order valence-corrected chi connectivity index (χ2v) is 6.08. The second-order valence-electron chi connectivity index (χ2n) is 6.08. The molecule has 0 bridgehead atoms. The summed E-state index contributed by atoms with van der Waals surface area (Å²) in [7, 11) is 0. The van der Waals surface area contributed by atoms with E-state index in [1.807, 2.05) is 0 Å². The van der Waals surface area contributed by atoms with Crippen LogP contribution in [0.4, 0.5) is 0 Å². The molecule has 2 rings (SSSR count). The van der Waals surface area contributed by atoms with Gasteiger partial charge < -0.3 is 16.0 Å². The summed E-state index contributed by atoms with van der Waals surface area (Å²) in [5, 5.41) is 9.00. The summed E-state index contributed by atoms with van der Waals surface area (Å²) in [6.45, 7) is 2.04. The van der Waals surface area contributed by atoms with Gasteiger partial charge in [0.05, 0.1) is 6.54 Å². The van der Waals surface area contributed by atoms with E-state index in [1.54, 1.807) is 0 Å². The van der Waals surface area contributed by atoms with Gasteiger partial charge in [-0.25, -0.2) is 0 Å². The fourth-order valence-electron chi connectivity index (χ4n) is 3.15. The zero-order valence-electron chi connectivity index (χ0n) is 12.2. The molecule has 0 aromatic rings. The molecule has 0 radical (unpaired) electrons. The first-order valence-electron chi connectivity index (χ1n) is 8.01. The number of nitrogens with one attached hydrogen (secondary N) is 3. The Morgan fingerprint density at radius 1 is 0.950 bits per heavy atom. The maximum atomic E-state index is 11.8. The van der Waals surface area contributed by atoms with Gasteiger partial charge in [-0.05, 0) is 44.7 Å². The Labute approximate surface area is 121 Å². The topological polar surface area (TPSA) is 70.2 Å². The number of amides is 2. The van der Waals surface area contributed by atoms with Crippen molar-refractivity contribution in [2.24, 2.45) is 5.92 Å². The molecule has 0 aromatic heterocycles. The highest BCUT2D eigenvalue weighted by Crippen LogP contribution is 2.25. The van der Waals surface area contributed by atoms with Crippen molar-refractivity contribution in [3.8, 4) is 0 Å². The largest absolute Gasteiger partial charge is 0.352 e. The molecule has 2 fully saturated rings. The smallest absolute Gasteiger partial charge is 0.239 e. The maximum absolute atomic E-state index is 11.8. The molecule has 0 spiro atoms. The number of hydrogen-bond donors (Lipinski definition) is 3. The van der Waals surface area contributed by atoms with Gasteiger partial charge in [0.25, 0.3) is 0 Å². The minimum atomic E-state index is -0.0612. The third-order valence-electron chi connectivity index (χ3n) is 4.35. The van der Waals surface area contributed by atoms with Crippen molar-refractivity contribution < 1.29 is 9.59 Å². The zero-order chi connectivity index (χ0) is 14.2. The number of carbonyl (C=O) groups excluding carboxylic acids is 2. The predicted octanol–water partition coefficient (Wildman–Crippen LogP) is 0.941. The van der Waals surface area contributed by atoms with Crippen molar-refractivity contribution in [3.05, 3.63) is 0 Å². The normalized spacial score (nSPS) is 21.4. The van der Waals surface area contributed by atoms with Gasteiger partial charge in [0.1, 0.15) is 0 Å². The van der Waals surface area contributed by atoms with E-state index in [0.29, 0.717) is 12.3 Å². The van der Waals surface area contributed by atoms with Gasteiger partial charge in [-0.15, -0.1) is 0 Å². The second kappa shape index (κ2) is 8.25. The highest BCUT2D eigenvalue weighted by Gasteiger charge is 2.18. The van der Waals surface area contributed by atoms with E-state index in [0.717, 1.165) is 38.8 Å². The van der Waals surface area contributed by atoms with E-state index in [4.69, 9.17) is 0 Å². The van der Waals surface area contributed by atoms with E-state index < -0.39 is 0 Å². The molecule has 20 heavy (non-hydrogen) atoms. The molecular weight excluding hydrogens is 254 g/mol. The summed E-state index contributed by atoms with van der Waals surface area (Å²) in [4.78, 5) is 23.6. The van der Waals surface area contributed by atoms with E-state index in [-0.39, 0.29) is 24.4 Å². The van der Waals surface area contributed by atoms with Crippen LogP contribution in [0.5, 0.6) is 0 Å². The van der Waals surface area contributed by atoms with Crippen molar-refractivity contribution in [2.45, 2.75) is 57.4 Å². The first-order valence-corrected chi connectivity index (χ1v) is 8.01. The number of carbonyl (C=O) groups is 2. The third kappa shape index (κ3) is 5.49. The van der Waals surface area contributed by atoms with Crippen LogP contribution in [0.3, 0.4) is 0 Å². The molecule has 0 atom stereocenters. The fraction of sp³-hybridized carbons (Fsp3) is 0.867. The molecule has 0 unspecified atom stereocenters. The lowest BCUT2D eigenvalue weighted by molar-refractivity contribution is -0.127. The van der Waals surface area contributed by atoms with Crippen molar-refractivity contribution in [1.29, 1.82) is 0 Å². The van der Waals surface area contributed by atoms with Gasteiger partial charge >= 0.3 is 0 Å². The van der Waals surface area contributed by atoms with Crippen LogP contribution in [0.25, 0.3) is 0 Å². The zero-order valence-corrected chi connectivity index (χ0v) is 12.2. The van der Waals surface area contributed by atoms with Crippen molar-refractivity contribution in [3.63, 3.8) is 0 Å². The van der Waals surface area contributed by atoms with Gasteiger partial charge in [-0.3, -0.25) is 9.59 Å². The van der Waals surface area contributed by atoms with Gasteiger partial charge in [0, 0.05) is 12.5 Å². The summed E-state index contributed by atoms with van der Waals surface area (Å²) in [5.74, 6) is 0.488. The highest BCUT2D eigenvalue weighted by molar-refractivity contribution is 5.84. The average Bonchev–Trinajstić information content (AvgIpc) is 2.47. The summed E-state index contributed by atoms with van der Waals surface area (Å²) in [6.07, 6.45) is 8.65. The Kier molecular flexibility index (Phi) is 6.30. The summed E-state index contributed by atoms with van der Waals surface area (Å²) in [5.41, 5.74) is 0. The number of rotatable bonds is 5. The lowest BCUT2D eigenvalue weighted by Crippen LogP contribution is -2.46. The standard InChI is InChI=1S/C15H27N3O2/c19-14(10-12-4-2-1-3-5-12)17-11-15(20)18-13-6-8-16-9-7-13/h12-13,16H,1-11H2,(H,17,19)(H,18,20). The fourth-order valence-corrected chi connectivity index (χ4v) is 3.15. The Balaban J connectivity index is 1.58. The molecule has 1 aliphatic heterocycles. The van der Waals surface area contributed by atoms with Crippen LogP contribution in [-0.2, 0) is 9.59 Å². The van der Waals surface area contributed by atoms with Crippen molar-refractivity contribution in [2.75, 3.05) is 19.6 Å². The monoisotopic (exact) mass is 281 g/mol. The van der Waals surface area contributed by atoms with E-state index in [2.05, 4.69) is 16.0 Å². The lowest BCUT2D eigenvalue weighted by Gasteiger charge is -2.24. The summed E-state index contributed by atoms with van der Waals surface area (Å²) in [6, 6.07) is 0.263. The summed E-state index contributed by atoms with van der Waals surface area (Å²) >= 11 is 0. The van der Waals surface area contributed by atoms with E-state index in [1.165, 1.54) is 19.3 Å². The molecule has 5 nitrogen and oxygen atoms in total. The van der Waals surface area contributed by atoms with Crippen LogP contribution >= 0.6 is 0 Å². The first kappa shape index (κ1) is 15.3. The predicted molar refractivity (Wildman–Crippen MR) is 78.2 cm³/mol. The lowest BCUT2D eigenvalue weighted by atomic mass is 9.87. The minimum absolute atomic E-state index is 0.0253. The Morgan fingerprint density at radius 3 is 2.35 bits per heavy atom. The van der Waals surface area contributed by atoms with Crippen molar-refractivity contribution >= 4 is 11.8 Å². The Morgan fingerprint density at radius 2 is 1.65 bits per heavy atom. The molecule has 1 heterocycles. The molecule has 1 saturated carbocycles. The average molecular weight is 281 g/mol. The van der Waals surface area contributed by atoms with E-state index in [9.17, 15) is 9.59 Å². The van der Waals surface area contributed by atoms with Crippen LogP contribution in [0, 0.1) is 5.92 Å². The highest BCUT2D eigenvalue weighted by atomic mass is 16.2. The quantitative estimate of drug-likeness (QED) is 0.702. The number of piperidine rings is 1. The third-order valence-corrected chi connectivity index (χ3v) is 4.35. The molecule has 2 aliphatic rings. The summed E-state index contributed by atoms with van der Waals surface area (Å²) < 4.78 is 0. The minimum Gasteiger partial charge on any atom is -0.352 e. The molecule has 3 N–H and O–H groups in total. The van der Waals surface area contributed by atoms with Crippen LogP contribution in [0.1, 0.15) is 51.4 Å². The van der Waals surface area contributed by atoms with Crippen LogP contribution < -0.4 is 16.0 Å². The van der Waals surface area contributed by atoms with E-state index >= 15 is 0 Å². The van der Waals surface area contributed by atoms with Gasteiger partial charge in [-0.1, -0.05) is 19.3 Å². The van der Waals surface area contributed by atoms with Crippen LogP contribution in [0.15, 0.2) is 0 Å². The molecule has 5 heteroatoms. The molecule has 114 valence electrons. The van der Waals surface area contributed by atoms with Crippen LogP contribution in [0.2, 0.25) is 0 Å².